The lowest BCUT2D eigenvalue weighted by molar-refractivity contribution is -0.146. The third-order valence-electron chi connectivity index (χ3n) is 4.62. The maximum absolute atomic E-state index is 12.2. The number of rotatable bonds is 8. The van der Waals surface area contributed by atoms with Gasteiger partial charge in [0.05, 0.1) is 26.3 Å². The Morgan fingerprint density at radius 3 is 2.42 bits per heavy atom. The lowest BCUT2D eigenvalue weighted by atomic mass is 10.1. The second-order valence-corrected chi connectivity index (χ2v) is 7.72. The molecule has 0 unspecified atom stereocenters. The summed E-state index contributed by atoms with van der Waals surface area (Å²) in [5.41, 5.74) is 4.07. The van der Waals surface area contributed by atoms with Crippen molar-refractivity contribution in [3.05, 3.63) is 58.6 Å². The largest absolute Gasteiger partial charge is 0.493 e. The molecule has 0 atom stereocenters. The summed E-state index contributed by atoms with van der Waals surface area (Å²) in [5, 5.41) is 5.33. The first-order valence-electron chi connectivity index (χ1n) is 9.59. The fraction of sp³-hybridized carbons (Fsp3) is 0.261. The molecule has 0 bridgehead atoms. The Morgan fingerprint density at radius 2 is 1.74 bits per heavy atom. The summed E-state index contributed by atoms with van der Waals surface area (Å²) in [6.45, 7) is 3.47. The predicted octanol–water partition coefficient (Wildman–Crippen LogP) is 4.17. The summed E-state index contributed by atoms with van der Waals surface area (Å²) in [5.74, 6) is 0.340. The van der Waals surface area contributed by atoms with Crippen molar-refractivity contribution < 1.29 is 23.8 Å². The summed E-state index contributed by atoms with van der Waals surface area (Å²) in [4.78, 5) is 28.8. The molecular weight excluding hydrogens is 416 g/mol. The monoisotopic (exact) mass is 440 g/mol. The van der Waals surface area contributed by atoms with Crippen LogP contribution >= 0.6 is 11.3 Å². The topological polar surface area (TPSA) is 86.8 Å². The van der Waals surface area contributed by atoms with E-state index < -0.39 is 5.97 Å². The molecule has 3 aromatic rings. The van der Waals surface area contributed by atoms with Crippen molar-refractivity contribution in [1.82, 2.24) is 4.98 Å². The van der Waals surface area contributed by atoms with Crippen LogP contribution < -0.4 is 14.8 Å². The normalized spacial score (nSPS) is 10.5. The molecule has 0 aliphatic heterocycles. The minimum atomic E-state index is -0.513. The average Bonchev–Trinajstić information content (AvgIpc) is 3.22. The molecule has 0 aliphatic rings. The van der Waals surface area contributed by atoms with E-state index >= 15 is 0 Å². The summed E-state index contributed by atoms with van der Waals surface area (Å²) in [7, 11) is 3.15. The molecule has 0 fully saturated rings. The zero-order valence-electron chi connectivity index (χ0n) is 17.9. The number of esters is 1. The number of aromatic nitrogens is 1. The molecule has 1 aromatic heterocycles. The van der Waals surface area contributed by atoms with Crippen LogP contribution in [0.25, 0.3) is 10.6 Å². The van der Waals surface area contributed by atoms with Crippen LogP contribution in [0.2, 0.25) is 0 Å². The lowest BCUT2D eigenvalue weighted by Crippen LogP contribution is -2.22. The van der Waals surface area contributed by atoms with Gasteiger partial charge in [0.1, 0.15) is 5.01 Å². The molecule has 0 saturated heterocycles. The van der Waals surface area contributed by atoms with Crippen LogP contribution in [0.4, 0.5) is 5.69 Å². The minimum Gasteiger partial charge on any atom is -0.493 e. The number of amides is 1. The van der Waals surface area contributed by atoms with Crippen LogP contribution in [-0.4, -0.2) is 37.7 Å². The van der Waals surface area contributed by atoms with Gasteiger partial charge in [0.15, 0.2) is 18.1 Å². The van der Waals surface area contributed by atoms with Crippen molar-refractivity contribution in [3.8, 4) is 22.1 Å². The molecule has 1 amide bonds. The van der Waals surface area contributed by atoms with Crippen LogP contribution in [0, 0.1) is 13.8 Å². The summed E-state index contributed by atoms with van der Waals surface area (Å²) >= 11 is 1.41. The molecule has 0 radical (unpaired) electrons. The van der Waals surface area contributed by atoms with E-state index in [1.165, 1.54) is 11.3 Å². The van der Waals surface area contributed by atoms with Gasteiger partial charge in [0, 0.05) is 16.6 Å². The van der Waals surface area contributed by atoms with E-state index in [0.717, 1.165) is 27.4 Å². The van der Waals surface area contributed by atoms with E-state index in [1.54, 1.807) is 25.7 Å². The van der Waals surface area contributed by atoms with Gasteiger partial charge in [0.2, 0.25) is 0 Å². The first-order chi connectivity index (χ1) is 14.9. The number of ether oxygens (including phenoxy) is 3. The Bertz CT molecular complexity index is 1070. The van der Waals surface area contributed by atoms with Gasteiger partial charge in [-0.25, -0.2) is 4.98 Å². The Balaban J connectivity index is 1.56. The highest BCUT2D eigenvalue weighted by molar-refractivity contribution is 7.13. The minimum absolute atomic E-state index is 0.0134. The van der Waals surface area contributed by atoms with Gasteiger partial charge in [-0.05, 0) is 43.2 Å². The average molecular weight is 441 g/mol. The van der Waals surface area contributed by atoms with Crippen molar-refractivity contribution >= 4 is 28.9 Å². The first kappa shape index (κ1) is 22.3. The molecule has 0 spiro atoms. The highest BCUT2D eigenvalue weighted by Crippen LogP contribution is 2.33. The highest BCUT2D eigenvalue weighted by atomic mass is 32.1. The number of hydrogen-bond donors (Lipinski definition) is 1. The zero-order valence-corrected chi connectivity index (χ0v) is 18.7. The number of aryl methyl sites for hydroxylation is 2. The molecule has 0 saturated carbocycles. The molecular formula is C23H24N2O5S. The molecule has 7 nitrogen and oxygen atoms in total. The van der Waals surface area contributed by atoms with Crippen molar-refractivity contribution in [2.45, 2.75) is 20.3 Å². The number of thiazole rings is 1. The standard InChI is InChI=1S/C23H24N2O5S/c1-14-6-5-7-15(2)22(14)25-20(26)12-30-21(27)11-17-13-31-23(24-17)16-8-9-18(28-3)19(10-16)29-4/h5-10,13H,11-12H2,1-4H3,(H,25,26). The number of carbonyl (C=O) groups excluding carboxylic acids is 2. The van der Waals surface area contributed by atoms with Crippen molar-refractivity contribution in [2.75, 3.05) is 26.1 Å². The Morgan fingerprint density at radius 1 is 1.03 bits per heavy atom. The maximum atomic E-state index is 12.2. The van der Waals surface area contributed by atoms with Gasteiger partial charge in [-0.15, -0.1) is 11.3 Å². The van der Waals surface area contributed by atoms with Gasteiger partial charge in [-0.3, -0.25) is 9.59 Å². The number of nitrogens with zero attached hydrogens (tertiary/aromatic N) is 1. The zero-order chi connectivity index (χ0) is 22.4. The van der Waals surface area contributed by atoms with Crippen molar-refractivity contribution in [1.29, 1.82) is 0 Å². The van der Waals surface area contributed by atoms with Crippen LogP contribution in [0.1, 0.15) is 16.8 Å². The van der Waals surface area contributed by atoms with Gasteiger partial charge in [0.25, 0.3) is 5.91 Å². The van der Waals surface area contributed by atoms with E-state index in [-0.39, 0.29) is 18.9 Å². The molecule has 8 heteroatoms. The Hall–Kier alpha value is -3.39. The first-order valence-corrected chi connectivity index (χ1v) is 10.5. The number of anilines is 1. The lowest BCUT2D eigenvalue weighted by Gasteiger charge is -2.11. The van der Waals surface area contributed by atoms with Crippen LogP contribution in [0.15, 0.2) is 41.8 Å². The molecule has 2 aromatic carbocycles. The number of nitrogens with one attached hydrogen (secondary N) is 1. The van der Waals surface area contributed by atoms with Gasteiger partial charge >= 0.3 is 5.97 Å². The molecule has 3 rings (SSSR count). The van der Waals surface area contributed by atoms with Crippen LogP contribution in [0.3, 0.4) is 0 Å². The molecule has 0 aliphatic carbocycles. The quantitative estimate of drug-likeness (QED) is 0.529. The number of methoxy groups -OCH3 is 2. The summed E-state index contributed by atoms with van der Waals surface area (Å²) in [6, 6.07) is 11.3. The second-order valence-electron chi connectivity index (χ2n) is 6.87. The Labute approximate surface area is 185 Å². The number of hydrogen-bond acceptors (Lipinski definition) is 7. The van der Waals surface area contributed by atoms with Crippen LogP contribution in [-0.2, 0) is 20.7 Å². The van der Waals surface area contributed by atoms with Crippen molar-refractivity contribution in [3.63, 3.8) is 0 Å². The van der Waals surface area contributed by atoms with Gasteiger partial charge < -0.3 is 19.5 Å². The predicted molar refractivity (Wildman–Crippen MR) is 120 cm³/mol. The summed E-state index contributed by atoms with van der Waals surface area (Å²) < 4.78 is 15.7. The van der Waals surface area contributed by atoms with Crippen molar-refractivity contribution in [2.24, 2.45) is 0 Å². The molecule has 1 N–H and O–H groups in total. The Kier molecular flexibility index (Phi) is 7.25. The highest BCUT2D eigenvalue weighted by Gasteiger charge is 2.14. The van der Waals surface area contributed by atoms with Gasteiger partial charge in [-0.1, -0.05) is 18.2 Å². The molecule has 162 valence electrons. The summed E-state index contributed by atoms with van der Waals surface area (Å²) in [6.07, 6.45) is -0.0134. The number of carbonyl (C=O) groups is 2. The number of para-hydroxylation sites is 1. The SMILES string of the molecule is COc1ccc(-c2nc(CC(=O)OCC(=O)Nc3c(C)cccc3C)cs2)cc1OC. The number of benzene rings is 2. The van der Waals surface area contributed by atoms with E-state index in [4.69, 9.17) is 14.2 Å². The fourth-order valence-electron chi connectivity index (χ4n) is 3.02. The van der Waals surface area contributed by atoms with Gasteiger partial charge in [-0.2, -0.15) is 0 Å². The van der Waals surface area contributed by atoms with E-state index in [2.05, 4.69) is 10.3 Å². The molecule has 1 heterocycles. The second kappa shape index (κ2) is 10.1. The van der Waals surface area contributed by atoms with Crippen LogP contribution in [0.5, 0.6) is 11.5 Å². The third kappa shape index (κ3) is 5.61. The van der Waals surface area contributed by atoms with E-state index in [1.807, 2.05) is 44.2 Å². The fourth-order valence-corrected chi connectivity index (χ4v) is 3.84. The maximum Gasteiger partial charge on any atom is 0.312 e. The molecule has 31 heavy (non-hydrogen) atoms. The van der Waals surface area contributed by atoms with E-state index in [9.17, 15) is 9.59 Å². The smallest absolute Gasteiger partial charge is 0.312 e. The third-order valence-corrected chi connectivity index (χ3v) is 5.56. The van der Waals surface area contributed by atoms with E-state index in [0.29, 0.717) is 17.2 Å².